The number of methoxy groups -OCH3 is 1. The van der Waals surface area contributed by atoms with Crippen molar-refractivity contribution in [2.75, 3.05) is 13.7 Å². The number of ether oxygens (including phenoxy) is 3. The van der Waals surface area contributed by atoms with Crippen molar-refractivity contribution >= 4 is 23.9 Å². The molecule has 0 unspecified atom stereocenters. The molecular weight excluding hydrogens is 552 g/mol. The van der Waals surface area contributed by atoms with Gasteiger partial charge in [-0.1, -0.05) is 56.3 Å². The number of carbonyl (C=O) groups excluding carboxylic acids is 4. The predicted octanol–water partition coefficient (Wildman–Crippen LogP) is 3.51. The molecule has 2 aromatic rings. The third kappa shape index (κ3) is 10.6. The number of amides is 3. The van der Waals surface area contributed by atoms with Crippen molar-refractivity contribution < 1.29 is 33.4 Å². The second-order valence-corrected chi connectivity index (χ2v) is 11.9. The maximum Gasteiger partial charge on any atom is 0.408 e. The van der Waals surface area contributed by atoms with E-state index in [-0.39, 0.29) is 12.3 Å². The molecule has 43 heavy (non-hydrogen) atoms. The number of alkyl carbamates (subject to hydrolysis) is 1. The largest absolute Gasteiger partial charge is 0.489 e. The lowest BCUT2D eigenvalue weighted by molar-refractivity contribution is -0.151. The number of hydrogen-bond acceptors (Lipinski definition) is 8. The van der Waals surface area contributed by atoms with Gasteiger partial charge in [0.25, 0.3) is 5.91 Å². The number of benzene rings is 2. The fourth-order valence-corrected chi connectivity index (χ4v) is 4.62. The van der Waals surface area contributed by atoms with Gasteiger partial charge in [-0.25, -0.2) is 10.2 Å². The molecule has 3 N–H and O–H groups in total. The number of nitrogens with one attached hydrogen (secondary N) is 3. The summed E-state index contributed by atoms with van der Waals surface area (Å²) in [6.45, 7) is 9.51. The molecule has 0 aromatic heterocycles. The highest BCUT2D eigenvalue weighted by Crippen LogP contribution is 2.19. The molecule has 3 rings (SSSR count). The van der Waals surface area contributed by atoms with Crippen LogP contribution in [0.25, 0.3) is 0 Å². The van der Waals surface area contributed by atoms with Crippen LogP contribution in [0.5, 0.6) is 5.75 Å². The Bertz CT molecular complexity index is 1250. The first-order valence-electron chi connectivity index (χ1n) is 14.6. The fourth-order valence-electron chi connectivity index (χ4n) is 4.62. The molecule has 234 valence electrons. The van der Waals surface area contributed by atoms with Crippen LogP contribution in [0.4, 0.5) is 4.79 Å². The van der Waals surface area contributed by atoms with Gasteiger partial charge in [0.15, 0.2) is 0 Å². The summed E-state index contributed by atoms with van der Waals surface area (Å²) in [5.41, 5.74) is 3.97. The summed E-state index contributed by atoms with van der Waals surface area (Å²) < 4.78 is 16.2. The number of esters is 1. The van der Waals surface area contributed by atoms with Crippen LogP contribution < -0.4 is 20.8 Å². The summed E-state index contributed by atoms with van der Waals surface area (Å²) in [5, 5.41) is 6.85. The summed E-state index contributed by atoms with van der Waals surface area (Å²) >= 11 is 0. The number of nitrogens with zero attached hydrogens (tertiary/aromatic N) is 1. The van der Waals surface area contributed by atoms with Gasteiger partial charge in [0, 0.05) is 13.0 Å². The molecule has 1 heterocycles. The highest BCUT2D eigenvalue weighted by molar-refractivity contribution is 5.91. The molecule has 0 saturated carbocycles. The van der Waals surface area contributed by atoms with Crippen molar-refractivity contribution in [3.8, 4) is 5.75 Å². The Hall–Kier alpha value is -4.12. The smallest absolute Gasteiger partial charge is 0.408 e. The highest BCUT2D eigenvalue weighted by Gasteiger charge is 2.35. The van der Waals surface area contributed by atoms with E-state index in [1.807, 2.05) is 54.6 Å². The van der Waals surface area contributed by atoms with Crippen LogP contribution in [0.1, 0.15) is 58.6 Å². The van der Waals surface area contributed by atoms with Gasteiger partial charge in [0.1, 0.15) is 36.1 Å². The molecule has 1 fully saturated rings. The van der Waals surface area contributed by atoms with Crippen molar-refractivity contribution in [3.63, 3.8) is 0 Å². The minimum Gasteiger partial charge on any atom is -0.489 e. The molecule has 1 aliphatic heterocycles. The standard InChI is InChI=1S/C32H44N4O7/c1-21(2)27(34-31(40)43-32(3,4)5)28(37)33-26(29(38)36-17-11-16-25(35-36)30(39)41-6)19-23-14-10-15-24(18-23)42-20-22-12-8-7-9-13-22/h7-10,12-15,18,21,25-27,35H,11,16-17,19-20H2,1-6H3,(H,33,37)(H,34,40)/t25-,26-,27-/m0/s1. The van der Waals surface area contributed by atoms with Crippen molar-refractivity contribution in [2.24, 2.45) is 5.92 Å². The zero-order valence-electron chi connectivity index (χ0n) is 25.8. The van der Waals surface area contributed by atoms with Crippen LogP contribution in [0, 0.1) is 5.92 Å². The zero-order chi connectivity index (χ0) is 31.6. The zero-order valence-corrected chi connectivity index (χ0v) is 25.8. The molecule has 11 nitrogen and oxygen atoms in total. The SMILES string of the molecule is COC(=O)[C@@H]1CCCN(C(=O)[C@H](Cc2cccc(OCc3ccccc3)c2)NC(=O)[C@@H](NC(=O)OC(C)(C)C)C(C)C)N1. The van der Waals surface area contributed by atoms with E-state index in [1.54, 1.807) is 34.6 Å². The third-order valence-corrected chi connectivity index (χ3v) is 6.76. The first kappa shape index (κ1) is 33.4. The summed E-state index contributed by atoms with van der Waals surface area (Å²) in [6.07, 6.45) is 0.511. The minimum atomic E-state index is -1.01. The number of hydrogen-bond donors (Lipinski definition) is 3. The monoisotopic (exact) mass is 596 g/mol. The van der Waals surface area contributed by atoms with Gasteiger partial charge in [0.05, 0.1) is 7.11 Å². The van der Waals surface area contributed by atoms with Crippen LogP contribution in [0.3, 0.4) is 0 Å². The van der Waals surface area contributed by atoms with E-state index in [1.165, 1.54) is 12.1 Å². The average molecular weight is 597 g/mol. The normalized spacial score (nSPS) is 16.5. The van der Waals surface area contributed by atoms with Crippen LogP contribution in [-0.2, 0) is 36.9 Å². The van der Waals surface area contributed by atoms with E-state index in [2.05, 4.69) is 16.1 Å². The second-order valence-electron chi connectivity index (χ2n) is 11.9. The lowest BCUT2D eigenvalue weighted by atomic mass is 10.0. The maximum absolute atomic E-state index is 13.8. The first-order chi connectivity index (χ1) is 20.4. The molecule has 0 aliphatic carbocycles. The molecular formula is C32H44N4O7. The molecule has 1 saturated heterocycles. The summed E-state index contributed by atoms with van der Waals surface area (Å²) in [6, 6.07) is 14.4. The van der Waals surface area contributed by atoms with Crippen LogP contribution in [-0.4, -0.2) is 66.3 Å². The lowest BCUT2D eigenvalue weighted by Gasteiger charge is -2.35. The van der Waals surface area contributed by atoms with E-state index in [9.17, 15) is 19.2 Å². The van der Waals surface area contributed by atoms with Gasteiger partial charge < -0.3 is 24.8 Å². The highest BCUT2D eigenvalue weighted by atomic mass is 16.6. The van der Waals surface area contributed by atoms with E-state index < -0.39 is 47.6 Å². The Kier molecular flexibility index (Phi) is 11.9. The molecule has 1 aliphatic rings. The Morgan fingerprint density at radius 2 is 1.70 bits per heavy atom. The Balaban J connectivity index is 1.81. The topological polar surface area (TPSA) is 135 Å². The summed E-state index contributed by atoms with van der Waals surface area (Å²) in [4.78, 5) is 52.1. The molecule has 0 bridgehead atoms. The van der Waals surface area contributed by atoms with E-state index >= 15 is 0 Å². The van der Waals surface area contributed by atoms with Crippen molar-refractivity contribution in [2.45, 2.75) is 84.2 Å². The second kappa shape index (κ2) is 15.4. The van der Waals surface area contributed by atoms with Crippen LogP contribution >= 0.6 is 0 Å². The van der Waals surface area contributed by atoms with Crippen LogP contribution in [0.2, 0.25) is 0 Å². The Morgan fingerprint density at radius 1 is 1.00 bits per heavy atom. The first-order valence-corrected chi connectivity index (χ1v) is 14.6. The number of rotatable bonds is 11. The van der Waals surface area contributed by atoms with Crippen molar-refractivity contribution in [3.05, 3.63) is 65.7 Å². The predicted molar refractivity (Wildman–Crippen MR) is 161 cm³/mol. The van der Waals surface area contributed by atoms with Gasteiger partial charge in [0.2, 0.25) is 5.91 Å². The molecule has 2 aromatic carbocycles. The molecule has 3 amide bonds. The van der Waals surface area contributed by atoms with Crippen molar-refractivity contribution in [1.29, 1.82) is 0 Å². The molecule has 0 spiro atoms. The molecule has 0 radical (unpaired) electrons. The fraction of sp³-hybridized carbons (Fsp3) is 0.500. The van der Waals surface area contributed by atoms with E-state index in [4.69, 9.17) is 14.2 Å². The number of carbonyl (C=O) groups is 4. The van der Waals surface area contributed by atoms with Gasteiger partial charge >= 0.3 is 12.1 Å². The Labute approximate surface area is 253 Å². The van der Waals surface area contributed by atoms with Gasteiger partial charge in [-0.05, 0) is 62.8 Å². The van der Waals surface area contributed by atoms with Gasteiger partial charge in [-0.2, -0.15) is 0 Å². The number of hydrazine groups is 1. The Morgan fingerprint density at radius 3 is 2.35 bits per heavy atom. The quantitative estimate of drug-likeness (QED) is 0.336. The van der Waals surface area contributed by atoms with E-state index in [0.29, 0.717) is 31.7 Å². The summed E-state index contributed by atoms with van der Waals surface area (Å²) in [5.74, 6) is -1.10. The van der Waals surface area contributed by atoms with Crippen LogP contribution in [0.15, 0.2) is 54.6 Å². The van der Waals surface area contributed by atoms with Gasteiger partial charge in [-0.3, -0.25) is 19.4 Å². The molecule has 3 atom stereocenters. The van der Waals surface area contributed by atoms with Gasteiger partial charge in [-0.15, -0.1) is 0 Å². The lowest BCUT2D eigenvalue weighted by Crippen LogP contribution is -2.62. The average Bonchev–Trinajstić information content (AvgIpc) is 2.97. The minimum absolute atomic E-state index is 0.144. The van der Waals surface area contributed by atoms with Crippen molar-refractivity contribution in [1.82, 2.24) is 21.1 Å². The maximum atomic E-state index is 13.8. The summed E-state index contributed by atoms with van der Waals surface area (Å²) in [7, 11) is 1.30. The van der Waals surface area contributed by atoms with E-state index in [0.717, 1.165) is 11.1 Å². The molecule has 11 heteroatoms. The third-order valence-electron chi connectivity index (χ3n) is 6.76.